The van der Waals surface area contributed by atoms with Crippen LogP contribution in [0.4, 0.5) is 17.2 Å². The second-order valence-electron chi connectivity index (χ2n) is 7.75. The molecule has 0 unspecified atom stereocenters. The van der Waals surface area contributed by atoms with Crippen LogP contribution in [0.2, 0.25) is 5.02 Å². The van der Waals surface area contributed by atoms with Gasteiger partial charge in [0.25, 0.3) is 11.4 Å². The minimum absolute atomic E-state index is 0.0613. The summed E-state index contributed by atoms with van der Waals surface area (Å²) in [5.74, 6) is 0.555. The largest absolute Gasteiger partial charge is 0.352 e. The van der Waals surface area contributed by atoms with Gasteiger partial charge in [-0.3, -0.25) is 20.2 Å². The summed E-state index contributed by atoms with van der Waals surface area (Å²) in [5, 5.41) is 31.7. The van der Waals surface area contributed by atoms with Gasteiger partial charge in [0.15, 0.2) is 5.82 Å². The predicted octanol–water partition coefficient (Wildman–Crippen LogP) is 3.43. The molecule has 14 heteroatoms. The molecule has 35 heavy (non-hydrogen) atoms. The molecule has 4 rings (SSSR count). The number of hydrogen-bond acceptors (Lipinski definition) is 9. The van der Waals surface area contributed by atoms with E-state index in [1.165, 1.54) is 6.92 Å². The van der Waals surface area contributed by atoms with Gasteiger partial charge in [-0.25, -0.2) is 8.42 Å². The molecule has 12 nitrogen and oxygen atoms in total. The van der Waals surface area contributed by atoms with Crippen LogP contribution in [0.15, 0.2) is 53.4 Å². The summed E-state index contributed by atoms with van der Waals surface area (Å²) in [4.78, 5) is 22.4. The summed E-state index contributed by atoms with van der Waals surface area (Å²) in [6.45, 7) is 1.91. The summed E-state index contributed by atoms with van der Waals surface area (Å²) < 4.78 is 27.4. The molecular weight excluding hydrogens is 500 g/mol. The number of halogens is 1. The molecule has 0 bridgehead atoms. The smallest absolute Gasteiger partial charge is 0.280 e. The Morgan fingerprint density at radius 3 is 2.03 bits per heavy atom. The Hall–Kier alpha value is -3.68. The second-order valence-corrected chi connectivity index (χ2v) is 10.1. The summed E-state index contributed by atoms with van der Waals surface area (Å²) in [6.07, 6.45) is 0. The highest BCUT2D eigenvalue weighted by molar-refractivity contribution is 7.89. The van der Waals surface area contributed by atoms with Crippen molar-refractivity contribution < 1.29 is 18.3 Å². The Morgan fingerprint density at radius 2 is 1.51 bits per heavy atom. The van der Waals surface area contributed by atoms with E-state index in [1.54, 1.807) is 18.2 Å². The van der Waals surface area contributed by atoms with Gasteiger partial charge in [0, 0.05) is 43.9 Å². The van der Waals surface area contributed by atoms with Crippen LogP contribution in [0.5, 0.6) is 0 Å². The van der Waals surface area contributed by atoms with E-state index in [0.717, 1.165) is 22.0 Å². The van der Waals surface area contributed by atoms with Crippen LogP contribution in [0, 0.1) is 27.2 Å². The Morgan fingerprint density at radius 1 is 0.914 bits per heavy atom. The molecule has 0 saturated carbocycles. The highest BCUT2D eigenvalue weighted by Gasteiger charge is 2.33. The first kappa shape index (κ1) is 24.4. The third-order valence-electron chi connectivity index (χ3n) is 5.72. The molecule has 1 aromatic heterocycles. The molecule has 2 aromatic carbocycles. The molecule has 3 aromatic rings. The molecule has 0 aliphatic carbocycles. The van der Waals surface area contributed by atoms with E-state index >= 15 is 0 Å². The number of nitrogens with zero attached hydrogens (tertiary/aromatic N) is 6. The van der Waals surface area contributed by atoms with Crippen molar-refractivity contribution in [2.75, 3.05) is 31.1 Å². The number of hydrogen-bond donors (Lipinski definition) is 0. The highest BCUT2D eigenvalue weighted by Crippen LogP contribution is 2.33. The van der Waals surface area contributed by atoms with Gasteiger partial charge in [-0.2, -0.15) is 4.31 Å². The maximum absolute atomic E-state index is 13.1. The van der Waals surface area contributed by atoms with Gasteiger partial charge in [-0.15, -0.1) is 10.2 Å². The molecule has 0 amide bonds. The van der Waals surface area contributed by atoms with E-state index < -0.39 is 36.1 Å². The minimum Gasteiger partial charge on any atom is -0.352 e. The quantitative estimate of drug-likeness (QED) is 0.352. The maximum Gasteiger partial charge on any atom is 0.280 e. The van der Waals surface area contributed by atoms with Crippen LogP contribution in [0.25, 0.3) is 11.3 Å². The van der Waals surface area contributed by atoms with Crippen molar-refractivity contribution in [2.45, 2.75) is 11.8 Å². The van der Waals surface area contributed by atoms with Gasteiger partial charge in [0.1, 0.15) is 5.56 Å². The average Bonchev–Trinajstić information content (AvgIpc) is 2.84. The molecule has 1 aliphatic rings. The average molecular weight is 519 g/mol. The van der Waals surface area contributed by atoms with E-state index in [1.807, 2.05) is 23.1 Å². The van der Waals surface area contributed by atoms with Gasteiger partial charge in [-0.1, -0.05) is 29.8 Å². The van der Waals surface area contributed by atoms with Gasteiger partial charge in [0.05, 0.1) is 25.5 Å². The maximum atomic E-state index is 13.1. The topological polar surface area (TPSA) is 153 Å². The fourth-order valence-electron chi connectivity index (χ4n) is 3.80. The number of anilines is 1. The predicted molar refractivity (Wildman–Crippen MR) is 128 cm³/mol. The Labute approximate surface area is 205 Å². The lowest BCUT2D eigenvalue weighted by Gasteiger charge is -2.34. The van der Waals surface area contributed by atoms with Crippen molar-refractivity contribution in [3.8, 4) is 11.3 Å². The van der Waals surface area contributed by atoms with Crippen LogP contribution in [0.3, 0.4) is 0 Å². The minimum atomic E-state index is -4.20. The number of sulfonamides is 1. The highest BCUT2D eigenvalue weighted by atomic mass is 35.5. The Kier molecular flexibility index (Phi) is 6.65. The molecule has 1 fully saturated rings. The lowest BCUT2D eigenvalue weighted by molar-refractivity contribution is -0.395. The van der Waals surface area contributed by atoms with E-state index in [4.69, 9.17) is 11.6 Å². The fourth-order valence-corrected chi connectivity index (χ4v) is 5.50. The standard InChI is InChI=1S/C21H19ClN6O6S/c1-14-19(27(29)30)12-15(13-20(14)28(31)32)35(33,34)26-10-8-25(9-11-26)21-7-6-18(23-24-21)16-4-2-3-5-17(16)22/h2-7,12-13H,8-11H2,1H3. The first-order valence-electron chi connectivity index (χ1n) is 10.4. The van der Waals surface area contributed by atoms with Crippen molar-refractivity contribution in [1.29, 1.82) is 0 Å². The molecule has 0 N–H and O–H groups in total. The lowest BCUT2D eigenvalue weighted by atomic mass is 10.1. The van der Waals surface area contributed by atoms with E-state index in [2.05, 4.69) is 10.2 Å². The Bertz CT molecular complexity index is 1370. The summed E-state index contributed by atoms with van der Waals surface area (Å²) in [7, 11) is -4.20. The van der Waals surface area contributed by atoms with Gasteiger partial charge >= 0.3 is 0 Å². The zero-order valence-electron chi connectivity index (χ0n) is 18.4. The van der Waals surface area contributed by atoms with Gasteiger partial charge in [-0.05, 0) is 25.1 Å². The first-order valence-corrected chi connectivity index (χ1v) is 12.2. The number of aromatic nitrogens is 2. The van der Waals surface area contributed by atoms with E-state index in [9.17, 15) is 28.6 Å². The van der Waals surface area contributed by atoms with Gasteiger partial charge < -0.3 is 4.90 Å². The van der Waals surface area contributed by atoms with E-state index in [-0.39, 0.29) is 31.7 Å². The molecule has 0 atom stereocenters. The molecule has 0 spiro atoms. The number of nitro benzene ring substituents is 2. The fraction of sp³-hybridized carbons (Fsp3) is 0.238. The molecule has 1 saturated heterocycles. The van der Waals surface area contributed by atoms with Crippen LogP contribution in [-0.4, -0.2) is 58.9 Å². The van der Waals surface area contributed by atoms with Crippen LogP contribution >= 0.6 is 11.6 Å². The second kappa shape index (κ2) is 9.52. The number of nitro groups is 2. The van der Waals surface area contributed by atoms with Crippen LogP contribution in [-0.2, 0) is 10.0 Å². The summed E-state index contributed by atoms with van der Waals surface area (Å²) in [5.41, 5.74) is -0.105. The summed E-state index contributed by atoms with van der Waals surface area (Å²) >= 11 is 6.20. The monoisotopic (exact) mass is 518 g/mol. The van der Waals surface area contributed by atoms with Crippen molar-refractivity contribution >= 4 is 38.8 Å². The number of rotatable bonds is 6. The number of benzene rings is 2. The van der Waals surface area contributed by atoms with Crippen molar-refractivity contribution in [1.82, 2.24) is 14.5 Å². The number of piperazine rings is 1. The molecule has 182 valence electrons. The van der Waals surface area contributed by atoms with Crippen LogP contribution in [0.1, 0.15) is 5.56 Å². The van der Waals surface area contributed by atoms with E-state index in [0.29, 0.717) is 16.5 Å². The molecule has 1 aliphatic heterocycles. The van der Waals surface area contributed by atoms with Crippen molar-refractivity contribution in [2.24, 2.45) is 0 Å². The third-order valence-corrected chi connectivity index (χ3v) is 7.93. The summed E-state index contributed by atoms with van der Waals surface area (Å²) in [6, 6.07) is 12.5. The molecule has 0 radical (unpaired) electrons. The lowest BCUT2D eigenvalue weighted by Crippen LogP contribution is -2.49. The first-order chi connectivity index (χ1) is 16.6. The molecular formula is C21H19ClN6O6S. The Balaban J connectivity index is 1.52. The van der Waals surface area contributed by atoms with Crippen molar-refractivity contribution in [3.63, 3.8) is 0 Å². The zero-order chi connectivity index (χ0) is 25.3. The molecule has 2 heterocycles. The van der Waals surface area contributed by atoms with Crippen molar-refractivity contribution in [3.05, 3.63) is 79.3 Å². The van der Waals surface area contributed by atoms with Crippen LogP contribution < -0.4 is 4.90 Å². The SMILES string of the molecule is Cc1c([N+](=O)[O-])cc(S(=O)(=O)N2CCN(c3ccc(-c4ccccc4Cl)nn3)CC2)cc1[N+](=O)[O-]. The third kappa shape index (κ3) is 4.78. The zero-order valence-corrected chi connectivity index (χ0v) is 19.9. The van der Waals surface area contributed by atoms with Gasteiger partial charge in [0.2, 0.25) is 10.0 Å². The normalized spacial score (nSPS) is 14.6.